The molecule has 9 heteroatoms. The Kier molecular flexibility index (Phi) is 3.98. The second-order valence-electron chi connectivity index (χ2n) is 4.27. The van der Waals surface area contributed by atoms with Gasteiger partial charge in [-0.25, -0.2) is 0 Å². The number of nitrogens with zero attached hydrogens (tertiary/aromatic N) is 3. The smallest absolute Gasteiger partial charge is 0.271 e. The van der Waals surface area contributed by atoms with E-state index in [0.717, 1.165) is 0 Å². The molecule has 2 aromatic carbocycles. The summed E-state index contributed by atoms with van der Waals surface area (Å²) in [5.74, 6) is -0.416. The fourth-order valence-electron chi connectivity index (χ4n) is 1.92. The average molecular weight is 301 g/mol. The molecule has 3 N–H and O–H groups in total. The molecule has 0 aliphatic heterocycles. The summed E-state index contributed by atoms with van der Waals surface area (Å²) in [6, 6.07) is 11.0. The van der Waals surface area contributed by atoms with Crippen molar-refractivity contribution in [3.05, 3.63) is 68.8 Å². The van der Waals surface area contributed by atoms with Crippen molar-refractivity contribution < 1.29 is 9.85 Å². The van der Waals surface area contributed by atoms with E-state index in [9.17, 15) is 20.2 Å². The van der Waals surface area contributed by atoms with E-state index in [1.807, 2.05) is 0 Å². The minimum Gasteiger partial charge on any atom is -0.369 e. The molecule has 0 atom stereocenters. The molecule has 0 spiro atoms. The predicted octanol–water partition coefficient (Wildman–Crippen LogP) is 2.53. The zero-order valence-corrected chi connectivity index (χ0v) is 11.2. The summed E-state index contributed by atoms with van der Waals surface area (Å²) in [5.41, 5.74) is 5.71. The molecule has 112 valence electrons. The molecule has 0 aliphatic carbocycles. The fourth-order valence-corrected chi connectivity index (χ4v) is 1.92. The van der Waals surface area contributed by atoms with Crippen LogP contribution in [0.2, 0.25) is 0 Å². The van der Waals surface area contributed by atoms with Gasteiger partial charge in [-0.2, -0.15) is 0 Å². The number of hydrogen-bond acceptors (Lipinski definition) is 5. The van der Waals surface area contributed by atoms with Gasteiger partial charge in [0.2, 0.25) is 0 Å². The van der Waals surface area contributed by atoms with Crippen molar-refractivity contribution in [2.45, 2.75) is 0 Å². The molecule has 0 saturated carbocycles. The number of hydrogen-bond donors (Lipinski definition) is 2. The number of rotatable bonds is 4. The minimum absolute atomic E-state index is 0.172. The maximum atomic E-state index is 10.8. The van der Waals surface area contributed by atoms with Crippen molar-refractivity contribution in [3.63, 3.8) is 0 Å². The number of guanidine groups is 1. The maximum absolute atomic E-state index is 10.8. The third-order valence-electron chi connectivity index (χ3n) is 2.84. The summed E-state index contributed by atoms with van der Waals surface area (Å²) in [6.45, 7) is 0. The molecule has 9 nitrogen and oxygen atoms in total. The van der Waals surface area contributed by atoms with Crippen LogP contribution < -0.4 is 10.6 Å². The minimum atomic E-state index is -0.574. The lowest BCUT2D eigenvalue weighted by Gasteiger charge is -2.22. The van der Waals surface area contributed by atoms with E-state index in [0.29, 0.717) is 0 Å². The lowest BCUT2D eigenvalue weighted by atomic mass is 10.2. The first kappa shape index (κ1) is 14.9. The van der Waals surface area contributed by atoms with Crippen LogP contribution in [0, 0.1) is 25.6 Å². The Morgan fingerprint density at radius 2 is 1.36 bits per heavy atom. The Labute approximate surface area is 124 Å². The highest BCUT2D eigenvalue weighted by atomic mass is 16.6. The van der Waals surface area contributed by atoms with Crippen LogP contribution in [0.4, 0.5) is 22.7 Å². The van der Waals surface area contributed by atoms with Crippen molar-refractivity contribution in [3.8, 4) is 0 Å². The number of nitrogens with two attached hydrogens (primary N) is 1. The number of nitro groups is 2. The van der Waals surface area contributed by atoms with Gasteiger partial charge in [-0.1, -0.05) is 12.1 Å². The van der Waals surface area contributed by atoms with Gasteiger partial charge in [0.15, 0.2) is 5.96 Å². The summed E-state index contributed by atoms with van der Waals surface area (Å²) in [7, 11) is 0. The van der Waals surface area contributed by atoms with E-state index in [4.69, 9.17) is 11.1 Å². The summed E-state index contributed by atoms with van der Waals surface area (Å²) in [6.07, 6.45) is 0. The van der Waals surface area contributed by atoms with Crippen molar-refractivity contribution in [1.82, 2.24) is 0 Å². The number of nitro benzene ring substituents is 2. The van der Waals surface area contributed by atoms with Crippen LogP contribution in [0.15, 0.2) is 48.5 Å². The van der Waals surface area contributed by atoms with E-state index in [2.05, 4.69) is 0 Å². The van der Waals surface area contributed by atoms with Crippen LogP contribution in [-0.2, 0) is 0 Å². The summed E-state index contributed by atoms with van der Waals surface area (Å²) < 4.78 is 0. The van der Waals surface area contributed by atoms with E-state index >= 15 is 0 Å². The Morgan fingerprint density at radius 1 is 0.955 bits per heavy atom. The first-order chi connectivity index (χ1) is 10.4. The lowest BCUT2D eigenvalue weighted by Crippen LogP contribution is -2.32. The SMILES string of the molecule is N=C(N)N(c1cccc([N+](=O)[O-])c1)c1cccc([N+](=O)[O-])c1. The van der Waals surface area contributed by atoms with Gasteiger partial charge in [-0.3, -0.25) is 30.5 Å². The molecule has 0 radical (unpaired) electrons. The third-order valence-corrected chi connectivity index (χ3v) is 2.84. The molecule has 2 aromatic rings. The zero-order valence-electron chi connectivity index (χ0n) is 11.2. The van der Waals surface area contributed by atoms with Crippen LogP contribution in [0.3, 0.4) is 0 Å². The van der Waals surface area contributed by atoms with Gasteiger partial charge in [-0.15, -0.1) is 0 Å². The van der Waals surface area contributed by atoms with Crippen molar-refractivity contribution in [2.24, 2.45) is 5.73 Å². The summed E-state index contributed by atoms with van der Waals surface area (Å²) in [5, 5.41) is 29.3. The molecule has 0 aromatic heterocycles. The van der Waals surface area contributed by atoms with Crippen molar-refractivity contribution >= 4 is 28.7 Å². The van der Waals surface area contributed by atoms with Crippen molar-refractivity contribution in [2.75, 3.05) is 4.90 Å². The van der Waals surface area contributed by atoms with Gasteiger partial charge in [0.25, 0.3) is 11.4 Å². The highest BCUT2D eigenvalue weighted by Gasteiger charge is 2.18. The van der Waals surface area contributed by atoms with Gasteiger partial charge in [0.05, 0.1) is 21.2 Å². The van der Waals surface area contributed by atoms with E-state index in [-0.39, 0.29) is 22.7 Å². The van der Waals surface area contributed by atoms with Crippen LogP contribution in [0.1, 0.15) is 0 Å². The Hall–Kier alpha value is -3.49. The number of nitrogens with one attached hydrogen (secondary N) is 1. The van der Waals surface area contributed by atoms with Gasteiger partial charge in [0, 0.05) is 24.3 Å². The maximum Gasteiger partial charge on any atom is 0.271 e. The molecule has 0 amide bonds. The fraction of sp³-hybridized carbons (Fsp3) is 0. The topological polar surface area (TPSA) is 139 Å². The van der Waals surface area contributed by atoms with Crippen LogP contribution in [0.25, 0.3) is 0 Å². The second kappa shape index (κ2) is 5.87. The third kappa shape index (κ3) is 2.98. The Morgan fingerprint density at radius 3 is 1.68 bits per heavy atom. The van der Waals surface area contributed by atoms with Gasteiger partial charge in [-0.05, 0) is 12.1 Å². The van der Waals surface area contributed by atoms with E-state index < -0.39 is 15.8 Å². The first-order valence-corrected chi connectivity index (χ1v) is 6.03. The van der Waals surface area contributed by atoms with E-state index in [1.165, 1.54) is 53.4 Å². The highest BCUT2D eigenvalue weighted by molar-refractivity contribution is 6.00. The number of non-ortho nitro benzene ring substituents is 2. The molecular formula is C13H11N5O4. The molecule has 0 heterocycles. The average Bonchev–Trinajstić information content (AvgIpc) is 2.47. The zero-order chi connectivity index (χ0) is 16.3. The molecule has 2 rings (SSSR count). The van der Waals surface area contributed by atoms with Crippen LogP contribution >= 0.6 is 0 Å². The van der Waals surface area contributed by atoms with Crippen molar-refractivity contribution in [1.29, 1.82) is 5.41 Å². The molecule has 0 saturated heterocycles. The standard InChI is InChI=1S/C13H11N5O4/c14-13(15)16(9-3-1-5-11(7-9)17(19)20)10-4-2-6-12(8-10)18(21)22/h1-8H,(H3,14,15). The van der Waals surface area contributed by atoms with E-state index in [1.54, 1.807) is 0 Å². The predicted molar refractivity (Wildman–Crippen MR) is 80.2 cm³/mol. The number of benzene rings is 2. The molecule has 0 aliphatic rings. The Bertz CT molecular complexity index is 704. The molecule has 0 fully saturated rings. The van der Waals surface area contributed by atoms with Gasteiger partial charge in [0.1, 0.15) is 0 Å². The molecular weight excluding hydrogens is 290 g/mol. The first-order valence-electron chi connectivity index (χ1n) is 6.03. The van der Waals surface area contributed by atoms with Gasteiger partial charge < -0.3 is 5.73 Å². The summed E-state index contributed by atoms with van der Waals surface area (Å²) in [4.78, 5) is 21.7. The lowest BCUT2D eigenvalue weighted by molar-refractivity contribution is -0.384. The second-order valence-corrected chi connectivity index (χ2v) is 4.27. The highest BCUT2D eigenvalue weighted by Crippen LogP contribution is 2.30. The quantitative estimate of drug-likeness (QED) is 0.385. The molecule has 22 heavy (non-hydrogen) atoms. The summed E-state index contributed by atoms with van der Waals surface area (Å²) >= 11 is 0. The molecule has 0 bridgehead atoms. The van der Waals surface area contributed by atoms with Crippen LogP contribution in [-0.4, -0.2) is 15.8 Å². The normalized spacial score (nSPS) is 10.0. The van der Waals surface area contributed by atoms with Crippen LogP contribution in [0.5, 0.6) is 0 Å². The Balaban J connectivity index is 2.53. The molecule has 0 unspecified atom stereocenters. The number of anilines is 2. The largest absolute Gasteiger partial charge is 0.369 e. The monoisotopic (exact) mass is 301 g/mol. The van der Waals surface area contributed by atoms with Gasteiger partial charge >= 0.3 is 0 Å².